The Morgan fingerprint density at radius 2 is 1.43 bits per heavy atom. The fourth-order valence-corrected chi connectivity index (χ4v) is 3.97. The lowest BCUT2D eigenvalue weighted by atomic mass is 10.1. The van der Waals surface area contributed by atoms with E-state index in [4.69, 9.17) is 9.47 Å². The third-order valence-corrected chi connectivity index (χ3v) is 5.71. The van der Waals surface area contributed by atoms with Crippen LogP contribution in [0.4, 0.5) is 10.8 Å². The molecule has 0 amide bonds. The highest BCUT2D eigenvalue weighted by Crippen LogP contribution is 2.32. The molecular formula is C27H25N3O4S. The van der Waals surface area contributed by atoms with Gasteiger partial charge >= 0.3 is 0 Å². The normalized spacial score (nSPS) is 11.4. The van der Waals surface area contributed by atoms with E-state index in [-0.39, 0.29) is 11.5 Å². The van der Waals surface area contributed by atoms with Crippen LogP contribution in [0.15, 0.2) is 76.0 Å². The van der Waals surface area contributed by atoms with Crippen molar-refractivity contribution in [1.29, 1.82) is 0 Å². The summed E-state index contributed by atoms with van der Waals surface area (Å²) < 4.78 is 10.8. The smallest absolute Gasteiger partial charge is 0.209 e. The summed E-state index contributed by atoms with van der Waals surface area (Å²) in [5.41, 5.74) is 3.52. The Kier molecular flexibility index (Phi) is 7.74. The molecule has 0 aliphatic carbocycles. The van der Waals surface area contributed by atoms with Crippen LogP contribution in [-0.2, 0) is 0 Å². The molecule has 178 valence electrons. The van der Waals surface area contributed by atoms with E-state index in [1.54, 1.807) is 42.8 Å². The van der Waals surface area contributed by atoms with Gasteiger partial charge in [0.2, 0.25) is 5.13 Å². The Balaban J connectivity index is 1.51. The lowest BCUT2D eigenvalue weighted by Crippen LogP contribution is -1.93. The topological polar surface area (TPSA) is 96.5 Å². The van der Waals surface area contributed by atoms with E-state index < -0.39 is 0 Å². The fourth-order valence-electron chi connectivity index (χ4n) is 3.30. The Labute approximate surface area is 207 Å². The molecule has 0 radical (unpaired) electrons. The molecule has 0 saturated heterocycles. The highest BCUT2D eigenvalue weighted by molar-refractivity contribution is 7.13. The predicted octanol–water partition coefficient (Wildman–Crippen LogP) is 6.52. The number of hydrogen-bond acceptors (Lipinski definition) is 8. The van der Waals surface area contributed by atoms with Crippen LogP contribution in [0.25, 0.3) is 11.3 Å². The van der Waals surface area contributed by atoms with Gasteiger partial charge in [0.25, 0.3) is 0 Å². The molecule has 8 heteroatoms. The Morgan fingerprint density at radius 1 is 0.829 bits per heavy atom. The first-order valence-electron chi connectivity index (χ1n) is 11.1. The molecule has 0 fully saturated rings. The van der Waals surface area contributed by atoms with E-state index in [2.05, 4.69) is 15.0 Å². The summed E-state index contributed by atoms with van der Waals surface area (Å²) in [5, 5.41) is 23.2. The molecule has 0 unspecified atom stereocenters. The third kappa shape index (κ3) is 5.85. The summed E-state index contributed by atoms with van der Waals surface area (Å²) in [6.07, 6.45) is 3.18. The molecule has 0 atom stereocenters. The quantitative estimate of drug-likeness (QED) is 0.262. The first-order chi connectivity index (χ1) is 17.1. The van der Waals surface area contributed by atoms with Gasteiger partial charge in [-0.05, 0) is 50.2 Å². The van der Waals surface area contributed by atoms with E-state index in [0.29, 0.717) is 41.0 Å². The standard InChI is InChI=1S/C27H25N3O4S/c1-3-33-23-12-6-9-19(25(23)31)15-28-21-11-5-8-18(14-21)22-17-35-27(30-22)29-16-20-10-7-13-24(26(20)32)34-4-2/h5-17,31-32H,3-4H2,1-2H3. The first kappa shape index (κ1) is 24.0. The van der Waals surface area contributed by atoms with Gasteiger partial charge in [0, 0.05) is 34.5 Å². The second-order valence-corrected chi connectivity index (χ2v) is 8.17. The first-order valence-corrected chi connectivity index (χ1v) is 12.0. The van der Waals surface area contributed by atoms with Crippen molar-refractivity contribution in [3.05, 3.63) is 77.2 Å². The van der Waals surface area contributed by atoms with Crippen LogP contribution < -0.4 is 9.47 Å². The number of aromatic hydroxyl groups is 2. The molecule has 0 saturated carbocycles. The third-order valence-electron chi connectivity index (χ3n) is 4.96. The molecule has 35 heavy (non-hydrogen) atoms. The zero-order valence-corrected chi connectivity index (χ0v) is 20.2. The van der Waals surface area contributed by atoms with Crippen LogP contribution in [0, 0.1) is 0 Å². The van der Waals surface area contributed by atoms with Gasteiger partial charge in [-0.15, -0.1) is 11.3 Å². The maximum absolute atomic E-state index is 10.4. The van der Waals surface area contributed by atoms with Crippen LogP contribution in [0.3, 0.4) is 0 Å². The lowest BCUT2D eigenvalue weighted by Gasteiger charge is -2.07. The van der Waals surface area contributed by atoms with Gasteiger partial charge in [-0.1, -0.05) is 24.3 Å². The van der Waals surface area contributed by atoms with E-state index in [1.807, 2.05) is 49.6 Å². The molecule has 0 aliphatic rings. The summed E-state index contributed by atoms with van der Waals surface area (Å²) in [7, 11) is 0. The Hall–Kier alpha value is -4.17. The van der Waals surface area contributed by atoms with Crippen LogP contribution in [0.2, 0.25) is 0 Å². The zero-order valence-electron chi connectivity index (χ0n) is 19.4. The number of phenolic OH excluding ortho intramolecular Hbond substituents is 2. The lowest BCUT2D eigenvalue weighted by molar-refractivity contribution is 0.318. The molecule has 0 bridgehead atoms. The molecule has 4 rings (SSSR count). The van der Waals surface area contributed by atoms with Gasteiger partial charge < -0.3 is 19.7 Å². The zero-order chi connectivity index (χ0) is 24.6. The summed E-state index contributed by atoms with van der Waals surface area (Å²) in [6.45, 7) is 4.66. The van der Waals surface area contributed by atoms with Gasteiger partial charge in [0.15, 0.2) is 23.0 Å². The molecular weight excluding hydrogens is 462 g/mol. The number of rotatable bonds is 9. The summed E-state index contributed by atoms with van der Waals surface area (Å²) in [5.74, 6) is 0.970. The number of para-hydroxylation sites is 2. The number of benzene rings is 3. The van der Waals surface area contributed by atoms with Crippen molar-refractivity contribution in [3.63, 3.8) is 0 Å². The van der Waals surface area contributed by atoms with Crippen molar-refractivity contribution < 1.29 is 19.7 Å². The number of hydrogen-bond donors (Lipinski definition) is 2. The highest BCUT2D eigenvalue weighted by atomic mass is 32.1. The molecule has 1 heterocycles. The molecule has 7 nitrogen and oxygen atoms in total. The number of aliphatic imine (C=N–C) groups is 2. The Bertz CT molecular complexity index is 1360. The number of nitrogens with zero attached hydrogens (tertiary/aromatic N) is 3. The van der Waals surface area contributed by atoms with Crippen LogP contribution in [0.5, 0.6) is 23.0 Å². The maximum atomic E-state index is 10.4. The highest BCUT2D eigenvalue weighted by Gasteiger charge is 2.08. The second kappa shape index (κ2) is 11.3. The minimum Gasteiger partial charge on any atom is -0.504 e. The van der Waals surface area contributed by atoms with Gasteiger partial charge in [-0.2, -0.15) is 0 Å². The van der Waals surface area contributed by atoms with E-state index in [1.165, 1.54) is 11.3 Å². The summed E-state index contributed by atoms with van der Waals surface area (Å²) in [4.78, 5) is 13.5. The minimum absolute atomic E-state index is 0.0540. The molecule has 3 aromatic carbocycles. The Morgan fingerprint density at radius 3 is 2.06 bits per heavy atom. The van der Waals surface area contributed by atoms with Crippen molar-refractivity contribution in [3.8, 4) is 34.3 Å². The van der Waals surface area contributed by atoms with Crippen molar-refractivity contribution >= 4 is 34.6 Å². The second-order valence-electron chi connectivity index (χ2n) is 7.34. The average molecular weight is 488 g/mol. The number of thiazole rings is 1. The van der Waals surface area contributed by atoms with Gasteiger partial charge in [-0.25, -0.2) is 9.98 Å². The monoisotopic (exact) mass is 487 g/mol. The summed E-state index contributed by atoms with van der Waals surface area (Å²) >= 11 is 1.40. The molecule has 4 aromatic rings. The van der Waals surface area contributed by atoms with Crippen molar-refractivity contribution in [2.45, 2.75) is 13.8 Å². The fraction of sp³-hybridized carbons (Fsp3) is 0.148. The van der Waals surface area contributed by atoms with Crippen molar-refractivity contribution in [2.24, 2.45) is 9.98 Å². The van der Waals surface area contributed by atoms with Crippen molar-refractivity contribution in [1.82, 2.24) is 4.98 Å². The van der Waals surface area contributed by atoms with E-state index >= 15 is 0 Å². The molecule has 0 aliphatic heterocycles. The largest absolute Gasteiger partial charge is 0.504 e. The van der Waals surface area contributed by atoms with Gasteiger partial charge in [0.1, 0.15) is 0 Å². The number of aromatic nitrogens is 1. The molecule has 0 spiro atoms. The predicted molar refractivity (Wildman–Crippen MR) is 141 cm³/mol. The van der Waals surface area contributed by atoms with Gasteiger partial charge in [-0.3, -0.25) is 4.99 Å². The van der Waals surface area contributed by atoms with Crippen molar-refractivity contribution in [2.75, 3.05) is 13.2 Å². The molecule has 2 N–H and O–H groups in total. The SMILES string of the molecule is CCOc1cccc(C=Nc2cccc(-c3csc(N=Cc4cccc(OCC)c4O)n3)c2)c1O. The number of ether oxygens (including phenoxy) is 2. The summed E-state index contributed by atoms with van der Waals surface area (Å²) in [6, 6.07) is 18.2. The van der Waals surface area contributed by atoms with E-state index in [9.17, 15) is 10.2 Å². The average Bonchev–Trinajstić information content (AvgIpc) is 3.35. The van der Waals surface area contributed by atoms with Crippen LogP contribution in [-0.4, -0.2) is 40.8 Å². The van der Waals surface area contributed by atoms with Crippen LogP contribution in [0.1, 0.15) is 25.0 Å². The molecule has 1 aromatic heterocycles. The minimum atomic E-state index is 0.0540. The number of phenols is 2. The van der Waals surface area contributed by atoms with Gasteiger partial charge in [0.05, 0.1) is 24.6 Å². The van der Waals surface area contributed by atoms with Crippen LogP contribution >= 0.6 is 11.3 Å². The maximum Gasteiger partial charge on any atom is 0.209 e. The van der Waals surface area contributed by atoms with E-state index in [0.717, 1.165) is 16.9 Å².